The minimum Gasteiger partial charge on any atom is -0.399 e. The Hall–Kier alpha value is -1.87. The fraction of sp³-hybridized carbons (Fsp3) is 0.312. The molecule has 3 nitrogen and oxygen atoms in total. The second-order valence-electron chi connectivity index (χ2n) is 5.10. The van der Waals surface area contributed by atoms with Crippen molar-refractivity contribution < 1.29 is 0 Å². The standard InChI is InChI=1S/C16H21N3/c1-13(2)19(12-15-4-3-9-18-10-15)11-14-5-7-16(17)8-6-14/h3-10,13H,11-12,17H2,1-2H3. The highest BCUT2D eigenvalue weighted by Gasteiger charge is 2.10. The predicted octanol–water partition coefficient (Wildman–Crippen LogP) is 3.07. The van der Waals surface area contributed by atoms with Crippen LogP contribution in [0.2, 0.25) is 0 Å². The van der Waals surface area contributed by atoms with Crippen molar-refractivity contribution in [1.29, 1.82) is 0 Å². The second-order valence-corrected chi connectivity index (χ2v) is 5.10. The van der Waals surface area contributed by atoms with Crippen LogP contribution in [-0.2, 0) is 13.1 Å². The van der Waals surface area contributed by atoms with Gasteiger partial charge >= 0.3 is 0 Å². The van der Waals surface area contributed by atoms with E-state index in [-0.39, 0.29) is 0 Å². The van der Waals surface area contributed by atoms with Crippen LogP contribution in [-0.4, -0.2) is 15.9 Å². The number of aromatic nitrogens is 1. The van der Waals surface area contributed by atoms with Gasteiger partial charge < -0.3 is 5.73 Å². The van der Waals surface area contributed by atoms with Crippen molar-refractivity contribution in [3.8, 4) is 0 Å². The van der Waals surface area contributed by atoms with E-state index in [9.17, 15) is 0 Å². The third kappa shape index (κ3) is 4.07. The fourth-order valence-electron chi connectivity index (χ4n) is 2.00. The van der Waals surface area contributed by atoms with Gasteiger partial charge in [0.2, 0.25) is 0 Å². The zero-order valence-electron chi connectivity index (χ0n) is 11.6. The van der Waals surface area contributed by atoms with E-state index < -0.39 is 0 Å². The summed E-state index contributed by atoms with van der Waals surface area (Å²) < 4.78 is 0. The first-order valence-electron chi connectivity index (χ1n) is 6.62. The van der Waals surface area contributed by atoms with Gasteiger partial charge in [0, 0.05) is 37.2 Å². The maximum absolute atomic E-state index is 5.72. The van der Waals surface area contributed by atoms with Crippen molar-refractivity contribution in [2.45, 2.75) is 33.0 Å². The van der Waals surface area contributed by atoms with Crippen LogP contribution in [0.15, 0.2) is 48.8 Å². The van der Waals surface area contributed by atoms with Gasteiger partial charge in [0.05, 0.1) is 0 Å². The highest BCUT2D eigenvalue weighted by atomic mass is 15.1. The molecule has 1 aromatic carbocycles. The summed E-state index contributed by atoms with van der Waals surface area (Å²) in [7, 11) is 0. The Morgan fingerprint density at radius 2 is 1.74 bits per heavy atom. The summed E-state index contributed by atoms with van der Waals surface area (Å²) in [6, 6.07) is 12.7. The topological polar surface area (TPSA) is 42.1 Å². The summed E-state index contributed by atoms with van der Waals surface area (Å²) in [4.78, 5) is 6.59. The monoisotopic (exact) mass is 255 g/mol. The van der Waals surface area contributed by atoms with Gasteiger partial charge in [0.25, 0.3) is 0 Å². The van der Waals surface area contributed by atoms with Gasteiger partial charge in [-0.15, -0.1) is 0 Å². The number of hydrogen-bond donors (Lipinski definition) is 1. The molecule has 0 saturated heterocycles. The average Bonchev–Trinajstić information content (AvgIpc) is 2.41. The number of anilines is 1. The normalized spacial score (nSPS) is 11.2. The van der Waals surface area contributed by atoms with E-state index >= 15 is 0 Å². The molecule has 0 atom stereocenters. The Balaban J connectivity index is 2.06. The smallest absolute Gasteiger partial charge is 0.0314 e. The molecule has 0 unspecified atom stereocenters. The first-order chi connectivity index (χ1) is 9.15. The number of nitrogen functional groups attached to an aromatic ring is 1. The lowest BCUT2D eigenvalue weighted by Gasteiger charge is -2.26. The van der Waals surface area contributed by atoms with Crippen molar-refractivity contribution in [1.82, 2.24) is 9.88 Å². The lowest BCUT2D eigenvalue weighted by Crippen LogP contribution is -2.29. The van der Waals surface area contributed by atoms with Crippen molar-refractivity contribution >= 4 is 5.69 Å². The first-order valence-corrected chi connectivity index (χ1v) is 6.62. The molecule has 1 heterocycles. The number of nitrogens with two attached hydrogens (primary N) is 1. The molecular weight excluding hydrogens is 234 g/mol. The molecule has 0 saturated carbocycles. The molecule has 0 radical (unpaired) electrons. The summed E-state index contributed by atoms with van der Waals surface area (Å²) in [5.74, 6) is 0. The molecule has 0 aliphatic carbocycles. The molecule has 0 amide bonds. The first kappa shape index (κ1) is 13.6. The molecule has 0 fully saturated rings. The molecule has 0 aliphatic heterocycles. The molecular formula is C16H21N3. The van der Waals surface area contributed by atoms with E-state index in [1.54, 1.807) is 0 Å². The third-order valence-corrected chi connectivity index (χ3v) is 3.20. The minimum absolute atomic E-state index is 0.484. The summed E-state index contributed by atoms with van der Waals surface area (Å²) >= 11 is 0. The average molecular weight is 255 g/mol. The number of pyridine rings is 1. The SMILES string of the molecule is CC(C)N(Cc1ccc(N)cc1)Cc1cccnc1. The highest BCUT2D eigenvalue weighted by Crippen LogP contribution is 2.14. The summed E-state index contributed by atoms with van der Waals surface area (Å²) in [6.07, 6.45) is 3.74. The third-order valence-electron chi connectivity index (χ3n) is 3.20. The summed E-state index contributed by atoms with van der Waals surface area (Å²) in [6.45, 7) is 6.27. The molecule has 3 heteroatoms. The minimum atomic E-state index is 0.484. The number of nitrogens with zero attached hydrogens (tertiary/aromatic N) is 2. The van der Waals surface area contributed by atoms with E-state index in [2.05, 4.69) is 41.9 Å². The maximum Gasteiger partial charge on any atom is 0.0314 e. The number of benzene rings is 1. The van der Waals surface area contributed by atoms with Gasteiger partial charge in [-0.25, -0.2) is 0 Å². The van der Waals surface area contributed by atoms with Crippen LogP contribution in [0.5, 0.6) is 0 Å². The Morgan fingerprint density at radius 1 is 1.05 bits per heavy atom. The van der Waals surface area contributed by atoms with Crippen LogP contribution in [0.4, 0.5) is 5.69 Å². The quantitative estimate of drug-likeness (QED) is 0.835. The van der Waals surface area contributed by atoms with Crippen LogP contribution < -0.4 is 5.73 Å². The Kier molecular flexibility index (Phi) is 4.53. The van der Waals surface area contributed by atoms with Gasteiger partial charge in [0.1, 0.15) is 0 Å². The molecule has 1 aromatic heterocycles. The van der Waals surface area contributed by atoms with E-state index in [0.717, 1.165) is 18.8 Å². The van der Waals surface area contributed by atoms with E-state index in [1.807, 2.05) is 30.6 Å². The van der Waals surface area contributed by atoms with Gasteiger partial charge in [-0.05, 0) is 43.2 Å². The van der Waals surface area contributed by atoms with Crippen LogP contribution >= 0.6 is 0 Å². The van der Waals surface area contributed by atoms with Crippen LogP contribution in [0.25, 0.3) is 0 Å². The zero-order valence-corrected chi connectivity index (χ0v) is 11.6. The van der Waals surface area contributed by atoms with Crippen LogP contribution in [0.3, 0.4) is 0 Å². The largest absolute Gasteiger partial charge is 0.399 e. The lowest BCUT2D eigenvalue weighted by molar-refractivity contribution is 0.203. The van der Waals surface area contributed by atoms with E-state index in [0.29, 0.717) is 6.04 Å². The van der Waals surface area contributed by atoms with Gasteiger partial charge in [-0.2, -0.15) is 0 Å². The second kappa shape index (κ2) is 6.34. The zero-order chi connectivity index (χ0) is 13.7. The Labute approximate surface area is 115 Å². The van der Waals surface area contributed by atoms with Gasteiger partial charge in [0.15, 0.2) is 0 Å². The lowest BCUT2D eigenvalue weighted by atomic mass is 10.1. The number of hydrogen-bond acceptors (Lipinski definition) is 3. The molecule has 19 heavy (non-hydrogen) atoms. The molecule has 2 rings (SSSR count). The van der Waals surface area contributed by atoms with Gasteiger partial charge in [-0.3, -0.25) is 9.88 Å². The molecule has 2 N–H and O–H groups in total. The molecule has 2 aromatic rings. The van der Waals surface area contributed by atoms with Crippen LogP contribution in [0, 0.1) is 0 Å². The van der Waals surface area contributed by atoms with Crippen molar-refractivity contribution in [3.63, 3.8) is 0 Å². The molecule has 0 aliphatic rings. The van der Waals surface area contributed by atoms with Crippen LogP contribution in [0.1, 0.15) is 25.0 Å². The number of rotatable bonds is 5. The molecule has 0 bridgehead atoms. The highest BCUT2D eigenvalue weighted by molar-refractivity contribution is 5.39. The van der Waals surface area contributed by atoms with E-state index in [1.165, 1.54) is 11.1 Å². The summed E-state index contributed by atoms with van der Waals surface area (Å²) in [5, 5.41) is 0. The van der Waals surface area contributed by atoms with Crippen molar-refractivity contribution in [2.75, 3.05) is 5.73 Å². The molecule has 0 spiro atoms. The summed E-state index contributed by atoms with van der Waals surface area (Å²) in [5.41, 5.74) is 9.06. The van der Waals surface area contributed by atoms with Gasteiger partial charge in [-0.1, -0.05) is 18.2 Å². The maximum atomic E-state index is 5.72. The van der Waals surface area contributed by atoms with E-state index in [4.69, 9.17) is 5.73 Å². The predicted molar refractivity (Wildman–Crippen MR) is 79.5 cm³/mol. The van der Waals surface area contributed by atoms with Crippen molar-refractivity contribution in [2.24, 2.45) is 0 Å². The van der Waals surface area contributed by atoms with Crippen molar-refractivity contribution in [3.05, 3.63) is 59.9 Å². The molecule has 100 valence electrons. The Morgan fingerprint density at radius 3 is 2.32 bits per heavy atom. The Bertz CT molecular complexity index is 491. The fourth-order valence-corrected chi connectivity index (χ4v) is 2.00.